The van der Waals surface area contributed by atoms with Gasteiger partial charge in [0, 0.05) is 5.56 Å². The van der Waals surface area contributed by atoms with Gasteiger partial charge in [0.15, 0.2) is 5.82 Å². The summed E-state index contributed by atoms with van der Waals surface area (Å²) in [6.45, 7) is 4.00. The van der Waals surface area contributed by atoms with Crippen molar-refractivity contribution in [3.8, 4) is 17.1 Å². The van der Waals surface area contributed by atoms with Gasteiger partial charge >= 0.3 is 20.1 Å². The number of aromatic nitrogens is 3. The van der Waals surface area contributed by atoms with Gasteiger partial charge in [-0.05, 0) is 25.5 Å². The topological polar surface area (TPSA) is 30.7 Å². The summed E-state index contributed by atoms with van der Waals surface area (Å²) in [6.07, 6.45) is 0. The molecule has 0 saturated carbocycles. The van der Waals surface area contributed by atoms with Gasteiger partial charge < -0.3 is 0 Å². The van der Waals surface area contributed by atoms with Crippen LogP contribution in [0, 0.1) is 13.8 Å². The summed E-state index contributed by atoms with van der Waals surface area (Å²) in [4.78, 5) is 4.55. The van der Waals surface area contributed by atoms with Gasteiger partial charge in [-0.25, -0.2) is 9.67 Å². The SMILES string of the molecule is Cc1nc(-c2ccccc2)n(-c2ccccc2C)n1.[Ir+3]. The molecule has 1 aromatic heterocycles. The Morgan fingerprint density at radius 2 is 1.50 bits per heavy atom. The van der Waals surface area contributed by atoms with Crippen LogP contribution >= 0.6 is 0 Å². The van der Waals surface area contributed by atoms with Crippen molar-refractivity contribution in [2.24, 2.45) is 0 Å². The second-order valence-corrected chi connectivity index (χ2v) is 4.55. The Morgan fingerprint density at radius 3 is 2.20 bits per heavy atom. The summed E-state index contributed by atoms with van der Waals surface area (Å²) in [7, 11) is 0. The van der Waals surface area contributed by atoms with Crippen molar-refractivity contribution >= 4 is 0 Å². The van der Waals surface area contributed by atoms with Gasteiger partial charge in [0.2, 0.25) is 0 Å². The van der Waals surface area contributed by atoms with E-state index in [1.165, 1.54) is 5.56 Å². The van der Waals surface area contributed by atoms with Gasteiger partial charge in [0.1, 0.15) is 5.82 Å². The van der Waals surface area contributed by atoms with Crippen molar-refractivity contribution in [3.63, 3.8) is 0 Å². The van der Waals surface area contributed by atoms with Crippen molar-refractivity contribution < 1.29 is 20.1 Å². The third-order valence-electron chi connectivity index (χ3n) is 3.09. The summed E-state index contributed by atoms with van der Waals surface area (Å²) in [5, 5.41) is 4.52. The molecular formula is C16H15IrN3+3. The molecular weight excluding hydrogens is 426 g/mol. The summed E-state index contributed by atoms with van der Waals surface area (Å²) in [5.41, 5.74) is 3.33. The zero-order valence-corrected chi connectivity index (χ0v) is 13.8. The summed E-state index contributed by atoms with van der Waals surface area (Å²) in [5.74, 6) is 1.66. The molecule has 0 N–H and O–H groups in total. The van der Waals surface area contributed by atoms with Crippen LogP contribution in [0.1, 0.15) is 11.4 Å². The maximum absolute atomic E-state index is 4.55. The van der Waals surface area contributed by atoms with Crippen LogP contribution in [0.5, 0.6) is 0 Å². The number of hydrogen-bond donors (Lipinski definition) is 0. The van der Waals surface area contributed by atoms with Gasteiger partial charge in [-0.2, -0.15) is 5.10 Å². The Balaban J connectivity index is 0.00000147. The molecule has 0 radical (unpaired) electrons. The van der Waals surface area contributed by atoms with Crippen molar-refractivity contribution in [2.45, 2.75) is 13.8 Å². The molecule has 20 heavy (non-hydrogen) atoms. The molecule has 3 aromatic rings. The molecule has 0 spiro atoms. The minimum absolute atomic E-state index is 0. The van der Waals surface area contributed by atoms with Crippen molar-refractivity contribution in [3.05, 3.63) is 66.0 Å². The number of rotatable bonds is 2. The van der Waals surface area contributed by atoms with E-state index in [1.54, 1.807) is 0 Å². The maximum atomic E-state index is 4.55. The summed E-state index contributed by atoms with van der Waals surface area (Å²) in [6, 6.07) is 18.3. The van der Waals surface area contributed by atoms with E-state index in [2.05, 4.69) is 41.3 Å². The minimum atomic E-state index is 0. The van der Waals surface area contributed by atoms with Crippen LogP contribution in [-0.2, 0) is 20.1 Å². The quantitative estimate of drug-likeness (QED) is 0.609. The van der Waals surface area contributed by atoms with Crippen LogP contribution in [0.4, 0.5) is 0 Å². The fourth-order valence-corrected chi connectivity index (χ4v) is 2.16. The predicted octanol–water partition coefficient (Wildman–Crippen LogP) is 3.55. The Kier molecular flexibility index (Phi) is 4.48. The Labute approximate surface area is 132 Å². The number of hydrogen-bond acceptors (Lipinski definition) is 2. The number of benzene rings is 2. The zero-order chi connectivity index (χ0) is 13.2. The molecule has 4 heteroatoms. The monoisotopic (exact) mass is 442 g/mol. The molecule has 0 aliphatic heterocycles. The minimum Gasteiger partial charge on any atom is -0.213 e. The fourth-order valence-electron chi connectivity index (χ4n) is 2.16. The van der Waals surface area contributed by atoms with Gasteiger partial charge in [0.05, 0.1) is 5.69 Å². The van der Waals surface area contributed by atoms with Crippen LogP contribution in [0.2, 0.25) is 0 Å². The average molecular weight is 442 g/mol. The largest absolute Gasteiger partial charge is 3.00 e. The van der Waals surface area contributed by atoms with E-state index in [-0.39, 0.29) is 20.1 Å². The molecule has 2 aromatic carbocycles. The van der Waals surface area contributed by atoms with Gasteiger partial charge in [-0.1, -0.05) is 48.5 Å². The predicted molar refractivity (Wildman–Crippen MR) is 76.3 cm³/mol. The van der Waals surface area contributed by atoms with E-state index in [4.69, 9.17) is 0 Å². The van der Waals surface area contributed by atoms with Crippen molar-refractivity contribution in [2.75, 3.05) is 0 Å². The Bertz CT molecular complexity index is 705. The van der Waals surface area contributed by atoms with E-state index in [0.717, 1.165) is 22.9 Å². The normalized spacial score (nSPS) is 10.1. The first-order chi connectivity index (χ1) is 9.25. The standard InChI is InChI=1S/C16H15N3.Ir/c1-12-8-6-7-11-15(12)19-16(17-13(2)18-19)14-9-4-3-5-10-14;/h3-11H,1-2H3;/q;+3. The molecule has 3 nitrogen and oxygen atoms in total. The van der Waals surface area contributed by atoms with Crippen LogP contribution in [0.3, 0.4) is 0 Å². The average Bonchev–Trinajstić information content (AvgIpc) is 2.82. The van der Waals surface area contributed by atoms with Gasteiger partial charge in [-0.3, -0.25) is 0 Å². The first-order valence-corrected chi connectivity index (χ1v) is 6.31. The van der Waals surface area contributed by atoms with Crippen molar-refractivity contribution in [1.82, 2.24) is 14.8 Å². The fraction of sp³-hybridized carbons (Fsp3) is 0.125. The third-order valence-corrected chi connectivity index (χ3v) is 3.09. The Hall–Kier alpha value is -1.77. The molecule has 0 amide bonds. The number of aryl methyl sites for hydroxylation is 2. The number of para-hydroxylation sites is 1. The van der Waals surface area contributed by atoms with Gasteiger partial charge in [0.25, 0.3) is 0 Å². The van der Waals surface area contributed by atoms with Crippen LogP contribution in [0.15, 0.2) is 54.6 Å². The van der Waals surface area contributed by atoms with Gasteiger partial charge in [-0.15, -0.1) is 0 Å². The van der Waals surface area contributed by atoms with Crippen LogP contribution < -0.4 is 0 Å². The molecule has 0 aliphatic carbocycles. The smallest absolute Gasteiger partial charge is 0.213 e. The van der Waals surface area contributed by atoms with E-state index >= 15 is 0 Å². The molecule has 0 fully saturated rings. The molecule has 0 saturated heterocycles. The zero-order valence-electron chi connectivity index (χ0n) is 11.4. The van der Waals surface area contributed by atoms with E-state index in [9.17, 15) is 0 Å². The third kappa shape index (κ3) is 2.72. The van der Waals surface area contributed by atoms with E-state index in [0.29, 0.717) is 0 Å². The van der Waals surface area contributed by atoms with Crippen LogP contribution in [-0.4, -0.2) is 14.8 Å². The Morgan fingerprint density at radius 1 is 0.850 bits per heavy atom. The molecule has 1 heterocycles. The summed E-state index contributed by atoms with van der Waals surface area (Å²) >= 11 is 0. The first-order valence-electron chi connectivity index (χ1n) is 6.31. The molecule has 3 rings (SSSR count). The van der Waals surface area contributed by atoms with E-state index in [1.807, 2.05) is 41.9 Å². The molecule has 100 valence electrons. The van der Waals surface area contributed by atoms with Crippen molar-refractivity contribution in [1.29, 1.82) is 0 Å². The van der Waals surface area contributed by atoms with E-state index < -0.39 is 0 Å². The molecule has 0 atom stereocenters. The first kappa shape index (κ1) is 14.6. The van der Waals surface area contributed by atoms with Crippen LogP contribution in [0.25, 0.3) is 17.1 Å². The maximum Gasteiger partial charge on any atom is 3.00 e. The second kappa shape index (κ2) is 6.12. The molecule has 0 unspecified atom stereocenters. The molecule has 0 aliphatic rings. The number of nitrogens with zero attached hydrogens (tertiary/aromatic N) is 3. The second-order valence-electron chi connectivity index (χ2n) is 4.55. The summed E-state index contributed by atoms with van der Waals surface area (Å²) < 4.78 is 1.92. The molecule has 0 bridgehead atoms.